The summed E-state index contributed by atoms with van der Waals surface area (Å²) in [7, 11) is 3.11. The first-order valence-corrected chi connectivity index (χ1v) is 7.74. The minimum absolute atomic E-state index is 0.0780. The summed E-state index contributed by atoms with van der Waals surface area (Å²) in [6, 6.07) is 8.83. The molecule has 122 valence electrons. The van der Waals surface area contributed by atoms with Gasteiger partial charge in [0.05, 0.1) is 24.3 Å². The van der Waals surface area contributed by atoms with E-state index >= 15 is 0 Å². The summed E-state index contributed by atoms with van der Waals surface area (Å²) in [6.07, 6.45) is 0. The first kappa shape index (κ1) is 17.1. The van der Waals surface area contributed by atoms with Crippen LogP contribution in [0.15, 0.2) is 34.8 Å². The van der Waals surface area contributed by atoms with Crippen LogP contribution < -0.4 is 14.8 Å². The number of nitrogens with one attached hydrogen (secondary N) is 1. The van der Waals surface area contributed by atoms with Gasteiger partial charge in [-0.15, -0.1) is 0 Å². The number of benzene rings is 2. The summed E-state index contributed by atoms with van der Waals surface area (Å²) < 4.78 is 11.1. The van der Waals surface area contributed by atoms with Crippen LogP contribution in [0.5, 0.6) is 17.2 Å². The van der Waals surface area contributed by atoms with Crippen molar-refractivity contribution in [3.05, 3.63) is 51.5 Å². The minimum atomic E-state index is -0.364. The van der Waals surface area contributed by atoms with Crippen LogP contribution >= 0.6 is 15.9 Å². The highest BCUT2D eigenvalue weighted by molar-refractivity contribution is 9.10. The van der Waals surface area contributed by atoms with E-state index in [1.165, 1.54) is 0 Å². The van der Waals surface area contributed by atoms with E-state index in [0.29, 0.717) is 16.0 Å². The van der Waals surface area contributed by atoms with Gasteiger partial charge in [0.2, 0.25) is 0 Å². The van der Waals surface area contributed by atoms with Crippen LogP contribution in [0.25, 0.3) is 0 Å². The number of para-hydroxylation sites is 1. The number of aryl methyl sites for hydroxylation is 1. The van der Waals surface area contributed by atoms with Gasteiger partial charge >= 0.3 is 0 Å². The molecule has 0 radical (unpaired) electrons. The lowest BCUT2D eigenvalue weighted by Gasteiger charge is -2.14. The van der Waals surface area contributed by atoms with Crippen molar-refractivity contribution in [1.29, 1.82) is 0 Å². The molecule has 23 heavy (non-hydrogen) atoms. The average molecular weight is 380 g/mol. The van der Waals surface area contributed by atoms with Crippen LogP contribution in [0.2, 0.25) is 0 Å². The van der Waals surface area contributed by atoms with Crippen LogP contribution in [-0.2, 0) is 6.54 Å². The molecule has 0 aliphatic carbocycles. The van der Waals surface area contributed by atoms with Crippen molar-refractivity contribution in [2.24, 2.45) is 0 Å². The first-order chi connectivity index (χ1) is 11.0. The van der Waals surface area contributed by atoms with Crippen molar-refractivity contribution in [1.82, 2.24) is 5.32 Å². The van der Waals surface area contributed by atoms with Crippen molar-refractivity contribution in [2.75, 3.05) is 14.2 Å². The smallest absolute Gasteiger partial charge is 0.255 e. The normalized spacial score (nSPS) is 10.3. The number of phenols is 1. The van der Waals surface area contributed by atoms with E-state index in [-0.39, 0.29) is 23.8 Å². The second kappa shape index (κ2) is 7.37. The number of hydrogen-bond acceptors (Lipinski definition) is 4. The Bertz CT molecular complexity index is 731. The Labute approximate surface area is 143 Å². The Morgan fingerprint density at radius 3 is 2.65 bits per heavy atom. The number of methoxy groups -OCH3 is 2. The van der Waals surface area contributed by atoms with E-state index in [4.69, 9.17) is 9.47 Å². The Hall–Kier alpha value is -2.21. The lowest BCUT2D eigenvalue weighted by Crippen LogP contribution is -2.23. The molecule has 0 saturated carbocycles. The van der Waals surface area contributed by atoms with Crippen LogP contribution in [0.1, 0.15) is 21.5 Å². The zero-order valence-corrected chi connectivity index (χ0v) is 14.7. The number of amides is 1. The van der Waals surface area contributed by atoms with E-state index in [9.17, 15) is 9.90 Å². The van der Waals surface area contributed by atoms with Gasteiger partial charge in [0.1, 0.15) is 5.75 Å². The predicted molar refractivity (Wildman–Crippen MR) is 91.3 cm³/mol. The number of aromatic hydroxyl groups is 1. The molecule has 2 aromatic rings. The average Bonchev–Trinajstić information content (AvgIpc) is 2.55. The van der Waals surface area contributed by atoms with Gasteiger partial charge < -0.3 is 19.9 Å². The molecule has 6 heteroatoms. The Morgan fingerprint density at radius 2 is 2.00 bits per heavy atom. The van der Waals surface area contributed by atoms with Crippen LogP contribution in [-0.4, -0.2) is 25.2 Å². The zero-order chi connectivity index (χ0) is 17.0. The Morgan fingerprint density at radius 1 is 1.26 bits per heavy atom. The molecule has 2 aromatic carbocycles. The first-order valence-electron chi connectivity index (χ1n) is 6.95. The fourth-order valence-electron chi connectivity index (χ4n) is 2.27. The highest BCUT2D eigenvalue weighted by Gasteiger charge is 2.16. The van der Waals surface area contributed by atoms with Gasteiger partial charge in [-0.3, -0.25) is 4.79 Å². The SMILES string of the molecule is COc1cccc(CNC(=O)c2cc(C)cc(Br)c2O)c1OC. The quantitative estimate of drug-likeness (QED) is 0.834. The van der Waals surface area contributed by atoms with Gasteiger partial charge in [0.25, 0.3) is 5.91 Å². The molecule has 0 saturated heterocycles. The largest absolute Gasteiger partial charge is 0.506 e. The zero-order valence-electron chi connectivity index (χ0n) is 13.1. The van der Waals surface area contributed by atoms with Gasteiger partial charge in [0.15, 0.2) is 11.5 Å². The lowest BCUT2D eigenvalue weighted by atomic mass is 10.1. The van der Waals surface area contributed by atoms with Crippen molar-refractivity contribution in [3.63, 3.8) is 0 Å². The number of phenolic OH excluding ortho intramolecular Hbond substituents is 1. The maximum absolute atomic E-state index is 12.3. The Balaban J connectivity index is 2.20. The lowest BCUT2D eigenvalue weighted by molar-refractivity contribution is 0.0947. The van der Waals surface area contributed by atoms with Gasteiger partial charge in [0, 0.05) is 12.1 Å². The van der Waals surface area contributed by atoms with Crippen molar-refractivity contribution < 1.29 is 19.4 Å². The van der Waals surface area contributed by atoms with Gasteiger partial charge in [-0.25, -0.2) is 0 Å². The molecule has 2 N–H and O–H groups in total. The molecule has 0 spiro atoms. The fourth-order valence-corrected chi connectivity index (χ4v) is 2.85. The number of halogens is 1. The maximum Gasteiger partial charge on any atom is 0.255 e. The molecule has 1 amide bonds. The second-order valence-electron chi connectivity index (χ2n) is 4.98. The van der Waals surface area contributed by atoms with Gasteiger partial charge in [-0.1, -0.05) is 12.1 Å². The molecular weight excluding hydrogens is 362 g/mol. The molecule has 0 unspecified atom stereocenters. The van der Waals surface area contributed by atoms with Gasteiger partial charge in [-0.05, 0) is 46.6 Å². The Kier molecular flexibility index (Phi) is 5.50. The van der Waals surface area contributed by atoms with Crippen molar-refractivity contribution in [3.8, 4) is 17.2 Å². The summed E-state index contributed by atoms with van der Waals surface area (Å²) in [5, 5.41) is 12.8. The number of ether oxygens (including phenoxy) is 2. The summed E-state index contributed by atoms with van der Waals surface area (Å²) in [5.41, 5.74) is 1.88. The summed E-state index contributed by atoms with van der Waals surface area (Å²) >= 11 is 3.24. The van der Waals surface area contributed by atoms with E-state index in [1.54, 1.807) is 32.4 Å². The number of carbonyl (C=O) groups is 1. The standard InChI is InChI=1S/C17H18BrNO4/c1-10-7-12(15(20)13(18)8-10)17(21)19-9-11-5-4-6-14(22-2)16(11)23-3/h4-8,20H,9H2,1-3H3,(H,19,21). The minimum Gasteiger partial charge on any atom is -0.506 e. The van der Waals surface area contributed by atoms with Crippen LogP contribution in [0.4, 0.5) is 0 Å². The van der Waals surface area contributed by atoms with Crippen LogP contribution in [0, 0.1) is 6.92 Å². The van der Waals surface area contributed by atoms with Gasteiger partial charge in [-0.2, -0.15) is 0 Å². The molecule has 0 aliphatic rings. The molecule has 0 heterocycles. The predicted octanol–water partition coefficient (Wildman–Crippen LogP) is 3.41. The van der Waals surface area contributed by atoms with Crippen molar-refractivity contribution >= 4 is 21.8 Å². The molecule has 0 aromatic heterocycles. The molecular formula is C17H18BrNO4. The van der Waals surface area contributed by atoms with E-state index in [2.05, 4.69) is 21.2 Å². The molecule has 5 nitrogen and oxygen atoms in total. The highest BCUT2D eigenvalue weighted by atomic mass is 79.9. The summed E-state index contributed by atoms with van der Waals surface area (Å²) in [4.78, 5) is 12.3. The third-order valence-corrected chi connectivity index (χ3v) is 3.98. The highest BCUT2D eigenvalue weighted by Crippen LogP contribution is 2.31. The third kappa shape index (κ3) is 3.76. The molecule has 0 bridgehead atoms. The summed E-state index contributed by atoms with van der Waals surface area (Å²) in [6.45, 7) is 2.11. The molecule has 2 rings (SSSR count). The topological polar surface area (TPSA) is 67.8 Å². The third-order valence-electron chi connectivity index (χ3n) is 3.38. The number of carbonyl (C=O) groups excluding carboxylic acids is 1. The van der Waals surface area contributed by atoms with E-state index in [1.807, 2.05) is 19.1 Å². The second-order valence-corrected chi connectivity index (χ2v) is 5.83. The van der Waals surface area contributed by atoms with Crippen LogP contribution in [0.3, 0.4) is 0 Å². The summed E-state index contributed by atoms with van der Waals surface area (Å²) in [5.74, 6) is 0.729. The van der Waals surface area contributed by atoms with E-state index in [0.717, 1.165) is 11.1 Å². The number of hydrogen-bond donors (Lipinski definition) is 2. The molecule has 0 atom stereocenters. The maximum atomic E-state index is 12.3. The molecule has 0 aliphatic heterocycles. The monoisotopic (exact) mass is 379 g/mol. The van der Waals surface area contributed by atoms with E-state index < -0.39 is 0 Å². The fraction of sp³-hybridized carbons (Fsp3) is 0.235. The molecule has 0 fully saturated rings. The van der Waals surface area contributed by atoms with Crippen molar-refractivity contribution in [2.45, 2.75) is 13.5 Å². The number of rotatable bonds is 5.